The molecule has 0 fully saturated rings. The first kappa shape index (κ1) is 18.8. The molecule has 3 rings (SSSR count). The van der Waals surface area contributed by atoms with E-state index in [4.69, 9.17) is 4.74 Å². The number of anilines is 1. The van der Waals surface area contributed by atoms with E-state index in [1.807, 2.05) is 0 Å². The molecule has 6 nitrogen and oxygen atoms in total. The summed E-state index contributed by atoms with van der Waals surface area (Å²) in [7, 11) is 1.57. The summed E-state index contributed by atoms with van der Waals surface area (Å²) in [5.41, 5.74) is 1.40. The van der Waals surface area contributed by atoms with Crippen LogP contribution in [0.2, 0.25) is 0 Å². The molecule has 0 aliphatic heterocycles. The van der Waals surface area contributed by atoms with E-state index in [1.54, 1.807) is 37.4 Å². The van der Waals surface area contributed by atoms with Crippen molar-refractivity contribution in [3.8, 4) is 5.75 Å². The normalized spacial score (nSPS) is 11.8. The maximum absolute atomic E-state index is 13.3. The van der Waals surface area contributed by atoms with E-state index in [-0.39, 0.29) is 24.1 Å². The van der Waals surface area contributed by atoms with Crippen molar-refractivity contribution in [3.63, 3.8) is 0 Å². The number of aromatic nitrogens is 1. The zero-order valence-electron chi connectivity index (χ0n) is 14.8. The standard InChI is InChI=1S/C19H18FN3O3S/c1-11(24)21-16(12-3-6-14(26-2)7-4-12)10-18(25)23-19-22-15-8-5-13(20)9-17(15)27-19/h3-9,16H,10H2,1-2H3,(H,21,24)(H,22,23,25). The highest BCUT2D eigenvalue weighted by Gasteiger charge is 2.18. The van der Waals surface area contributed by atoms with Gasteiger partial charge in [-0.1, -0.05) is 23.5 Å². The Morgan fingerprint density at radius 3 is 2.63 bits per heavy atom. The number of nitrogens with zero attached hydrogens (tertiary/aromatic N) is 1. The van der Waals surface area contributed by atoms with Gasteiger partial charge >= 0.3 is 0 Å². The van der Waals surface area contributed by atoms with Gasteiger partial charge in [-0.2, -0.15) is 0 Å². The highest BCUT2D eigenvalue weighted by molar-refractivity contribution is 7.22. The lowest BCUT2D eigenvalue weighted by atomic mass is 10.0. The number of methoxy groups -OCH3 is 1. The number of amides is 2. The average molecular weight is 387 g/mol. The summed E-state index contributed by atoms with van der Waals surface area (Å²) in [4.78, 5) is 28.2. The van der Waals surface area contributed by atoms with Gasteiger partial charge in [-0.3, -0.25) is 9.59 Å². The van der Waals surface area contributed by atoms with Crippen LogP contribution in [0.15, 0.2) is 42.5 Å². The molecule has 0 aliphatic carbocycles. The van der Waals surface area contributed by atoms with Crippen LogP contribution in [0.5, 0.6) is 5.75 Å². The molecule has 1 atom stereocenters. The Kier molecular flexibility index (Phi) is 5.66. The fourth-order valence-corrected chi connectivity index (χ4v) is 3.55. The Labute approximate surface area is 159 Å². The van der Waals surface area contributed by atoms with Crippen molar-refractivity contribution in [1.29, 1.82) is 0 Å². The first-order valence-corrected chi connectivity index (χ1v) is 9.03. The molecule has 8 heteroatoms. The highest BCUT2D eigenvalue weighted by atomic mass is 32.1. The zero-order valence-corrected chi connectivity index (χ0v) is 15.6. The third-order valence-corrected chi connectivity index (χ3v) is 4.82. The molecule has 1 aromatic heterocycles. The minimum atomic E-state index is -0.486. The van der Waals surface area contributed by atoms with Crippen molar-refractivity contribution >= 4 is 38.5 Å². The molecule has 3 aromatic rings. The molecule has 140 valence electrons. The number of ether oxygens (including phenoxy) is 1. The van der Waals surface area contributed by atoms with Crippen LogP contribution < -0.4 is 15.4 Å². The molecule has 1 unspecified atom stereocenters. The van der Waals surface area contributed by atoms with Crippen LogP contribution in [-0.4, -0.2) is 23.9 Å². The number of benzene rings is 2. The minimum Gasteiger partial charge on any atom is -0.497 e. The van der Waals surface area contributed by atoms with Crippen LogP contribution in [0, 0.1) is 5.82 Å². The maximum atomic E-state index is 13.3. The first-order chi connectivity index (χ1) is 12.9. The lowest BCUT2D eigenvalue weighted by molar-refractivity contribution is -0.120. The summed E-state index contributed by atoms with van der Waals surface area (Å²) in [6, 6.07) is 10.9. The summed E-state index contributed by atoms with van der Waals surface area (Å²) in [5, 5.41) is 5.88. The Hall–Kier alpha value is -3.00. The summed E-state index contributed by atoms with van der Waals surface area (Å²) >= 11 is 1.19. The Morgan fingerprint density at radius 1 is 1.22 bits per heavy atom. The van der Waals surface area contributed by atoms with E-state index in [1.165, 1.54) is 30.4 Å². The second kappa shape index (κ2) is 8.13. The Morgan fingerprint density at radius 2 is 1.96 bits per heavy atom. The first-order valence-electron chi connectivity index (χ1n) is 8.21. The number of carbonyl (C=O) groups excluding carboxylic acids is 2. The quantitative estimate of drug-likeness (QED) is 0.677. The van der Waals surface area contributed by atoms with E-state index >= 15 is 0 Å². The number of rotatable bonds is 6. The van der Waals surface area contributed by atoms with Crippen LogP contribution in [0.25, 0.3) is 10.2 Å². The number of hydrogen-bond donors (Lipinski definition) is 2. The van der Waals surface area contributed by atoms with Crippen molar-refractivity contribution in [3.05, 3.63) is 53.8 Å². The second-order valence-corrected chi connectivity index (χ2v) is 6.94. The fraction of sp³-hybridized carbons (Fsp3) is 0.211. The molecule has 0 saturated carbocycles. The lowest BCUT2D eigenvalue weighted by Crippen LogP contribution is -2.29. The largest absolute Gasteiger partial charge is 0.497 e. The third kappa shape index (κ3) is 4.79. The van der Waals surface area contributed by atoms with E-state index in [0.29, 0.717) is 21.1 Å². The highest BCUT2D eigenvalue weighted by Crippen LogP contribution is 2.27. The summed E-state index contributed by atoms with van der Waals surface area (Å²) in [6.45, 7) is 1.40. The molecule has 0 radical (unpaired) electrons. The van der Waals surface area contributed by atoms with Crippen LogP contribution in [0.4, 0.5) is 9.52 Å². The number of carbonyl (C=O) groups is 2. The SMILES string of the molecule is COc1ccc(C(CC(=O)Nc2nc3ccc(F)cc3s2)NC(C)=O)cc1. The van der Waals surface area contributed by atoms with Gasteiger partial charge < -0.3 is 15.4 Å². The van der Waals surface area contributed by atoms with Crippen molar-refractivity contribution in [2.45, 2.75) is 19.4 Å². The zero-order chi connectivity index (χ0) is 19.4. The molecule has 0 spiro atoms. The molecule has 27 heavy (non-hydrogen) atoms. The van der Waals surface area contributed by atoms with Crippen LogP contribution in [-0.2, 0) is 9.59 Å². The second-order valence-electron chi connectivity index (χ2n) is 5.91. The minimum absolute atomic E-state index is 0.0379. The van der Waals surface area contributed by atoms with Gasteiger partial charge in [0.2, 0.25) is 11.8 Å². The van der Waals surface area contributed by atoms with Gasteiger partial charge in [-0.05, 0) is 35.9 Å². The van der Waals surface area contributed by atoms with E-state index in [0.717, 1.165) is 5.56 Å². The van der Waals surface area contributed by atoms with Crippen molar-refractivity contribution < 1.29 is 18.7 Å². The number of thiazole rings is 1. The lowest BCUT2D eigenvalue weighted by Gasteiger charge is -2.18. The Bertz CT molecular complexity index is 972. The predicted molar refractivity (Wildman–Crippen MR) is 102 cm³/mol. The van der Waals surface area contributed by atoms with E-state index in [2.05, 4.69) is 15.6 Å². The molecular formula is C19H18FN3O3S. The molecular weight excluding hydrogens is 369 g/mol. The van der Waals surface area contributed by atoms with Crippen molar-refractivity contribution in [2.24, 2.45) is 0 Å². The van der Waals surface area contributed by atoms with Gasteiger partial charge in [0.05, 0.1) is 29.8 Å². The van der Waals surface area contributed by atoms with Gasteiger partial charge in [0.1, 0.15) is 11.6 Å². The topological polar surface area (TPSA) is 80.3 Å². The molecule has 2 amide bonds. The van der Waals surface area contributed by atoms with E-state index in [9.17, 15) is 14.0 Å². The van der Waals surface area contributed by atoms with Gasteiger partial charge in [-0.15, -0.1) is 0 Å². The predicted octanol–water partition coefficient (Wildman–Crippen LogP) is 3.65. The van der Waals surface area contributed by atoms with Crippen molar-refractivity contribution in [2.75, 3.05) is 12.4 Å². The summed E-state index contributed by atoms with van der Waals surface area (Å²) in [6.07, 6.45) is 0.0379. The molecule has 2 N–H and O–H groups in total. The Balaban J connectivity index is 1.73. The van der Waals surface area contributed by atoms with Gasteiger partial charge in [0.25, 0.3) is 0 Å². The number of nitrogens with one attached hydrogen (secondary N) is 2. The van der Waals surface area contributed by atoms with Gasteiger partial charge in [0.15, 0.2) is 5.13 Å². The van der Waals surface area contributed by atoms with E-state index < -0.39 is 6.04 Å². The van der Waals surface area contributed by atoms with Crippen LogP contribution >= 0.6 is 11.3 Å². The maximum Gasteiger partial charge on any atom is 0.228 e. The smallest absolute Gasteiger partial charge is 0.228 e. The van der Waals surface area contributed by atoms with Crippen LogP contribution in [0.3, 0.4) is 0 Å². The average Bonchev–Trinajstić information content (AvgIpc) is 3.02. The fourth-order valence-electron chi connectivity index (χ4n) is 2.64. The summed E-state index contributed by atoms with van der Waals surface area (Å²) in [5.74, 6) is -0.205. The van der Waals surface area contributed by atoms with Gasteiger partial charge in [0, 0.05) is 6.92 Å². The molecule has 0 aliphatic rings. The number of fused-ring (bicyclic) bond motifs is 1. The molecule has 0 saturated heterocycles. The molecule has 1 heterocycles. The van der Waals surface area contributed by atoms with Gasteiger partial charge in [-0.25, -0.2) is 9.37 Å². The molecule has 2 aromatic carbocycles. The molecule has 0 bridgehead atoms. The summed E-state index contributed by atoms with van der Waals surface area (Å²) < 4.78 is 19.1. The third-order valence-electron chi connectivity index (χ3n) is 3.88. The number of hydrogen-bond acceptors (Lipinski definition) is 5. The van der Waals surface area contributed by atoms with Crippen LogP contribution in [0.1, 0.15) is 24.9 Å². The van der Waals surface area contributed by atoms with Crippen molar-refractivity contribution in [1.82, 2.24) is 10.3 Å². The monoisotopic (exact) mass is 387 g/mol. The number of halogens is 1.